The van der Waals surface area contributed by atoms with Crippen molar-refractivity contribution < 1.29 is 0 Å². The molecular formula is C11H20. The molecule has 64 valence electrons. The summed E-state index contributed by atoms with van der Waals surface area (Å²) in [6.45, 7) is 6.04. The molecule has 0 aromatic carbocycles. The first-order chi connectivity index (χ1) is 5.38. The van der Waals surface area contributed by atoms with Crippen molar-refractivity contribution in [3.05, 3.63) is 12.7 Å². The maximum atomic E-state index is 3.72. The molecule has 0 spiro atoms. The van der Waals surface area contributed by atoms with Crippen LogP contribution in [0, 0.1) is 11.8 Å². The van der Waals surface area contributed by atoms with E-state index in [4.69, 9.17) is 0 Å². The molecule has 2 atom stereocenters. The topological polar surface area (TPSA) is 0 Å². The fraction of sp³-hybridized carbons (Fsp3) is 0.818. The molecule has 0 radical (unpaired) electrons. The summed E-state index contributed by atoms with van der Waals surface area (Å²) >= 11 is 0. The van der Waals surface area contributed by atoms with Crippen molar-refractivity contribution in [1.82, 2.24) is 0 Å². The van der Waals surface area contributed by atoms with Gasteiger partial charge in [0.25, 0.3) is 0 Å². The van der Waals surface area contributed by atoms with Crippen molar-refractivity contribution in [3.8, 4) is 0 Å². The fourth-order valence-corrected chi connectivity index (χ4v) is 1.86. The zero-order chi connectivity index (χ0) is 8.10. The summed E-state index contributed by atoms with van der Waals surface area (Å²) in [5.74, 6) is 2.20. The van der Waals surface area contributed by atoms with Gasteiger partial charge in [0.05, 0.1) is 0 Å². The first kappa shape index (κ1) is 8.83. The molecule has 2 unspecified atom stereocenters. The second-order valence-electron chi connectivity index (χ2n) is 3.74. The van der Waals surface area contributed by atoms with E-state index in [1.165, 1.54) is 38.5 Å². The van der Waals surface area contributed by atoms with E-state index in [1.807, 2.05) is 6.08 Å². The highest BCUT2D eigenvalue weighted by Crippen LogP contribution is 2.44. The molecule has 0 bridgehead atoms. The molecule has 0 aliphatic heterocycles. The highest BCUT2D eigenvalue weighted by Gasteiger charge is 2.33. The van der Waals surface area contributed by atoms with E-state index in [1.54, 1.807) is 0 Å². The minimum Gasteiger partial charge on any atom is -0.103 e. The summed E-state index contributed by atoms with van der Waals surface area (Å²) in [5.41, 5.74) is 0. The molecule has 1 aliphatic rings. The first-order valence-corrected chi connectivity index (χ1v) is 4.99. The highest BCUT2D eigenvalue weighted by atomic mass is 14.4. The van der Waals surface area contributed by atoms with Crippen LogP contribution in [-0.2, 0) is 0 Å². The van der Waals surface area contributed by atoms with Gasteiger partial charge in [-0.25, -0.2) is 0 Å². The van der Waals surface area contributed by atoms with Crippen molar-refractivity contribution in [2.24, 2.45) is 11.8 Å². The lowest BCUT2D eigenvalue weighted by Crippen LogP contribution is -1.82. The zero-order valence-electron chi connectivity index (χ0n) is 7.68. The van der Waals surface area contributed by atoms with Crippen LogP contribution < -0.4 is 0 Å². The Kier molecular flexibility index (Phi) is 3.68. The van der Waals surface area contributed by atoms with E-state index < -0.39 is 0 Å². The van der Waals surface area contributed by atoms with Gasteiger partial charge in [0.2, 0.25) is 0 Å². The average molecular weight is 152 g/mol. The van der Waals surface area contributed by atoms with Crippen molar-refractivity contribution in [2.45, 2.75) is 45.4 Å². The molecule has 0 nitrogen and oxygen atoms in total. The Morgan fingerprint density at radius 3 is 2.73 bits per heavy atom. The van der Waals surface area contributed by atoms with Gasteiger partial charge in [0.15, 0.2) is 0 Å². The number of hydrogen-bond acceptors (Lipinski definition) is 0. The Hall–Kier alpha value is -0.260. The summed E-state index contributed by atoms with van der Waals surface area (Å²) in [5, 5.41) is 0. The molecule has 1 rings (SSSR count). The Bertz CT molecular complexity index is 115. The minimum absolute atomic E-state index is 1.10. The van der Waals surface area contributed by atoms with E-state index in [9.17, 15) is 0 Å². The van der Waals surface area contributed by atoms with Crippen molar-refractivity contribution in [3.63, 3.8) is 0 Å². The number of allylic oxidation sites excluding steroid dienone is 1. The smallest absolute Gasteiger partial charge is 0.0353 e. The van der Waals surface area contributed by atoms with E-state index in [2.05, 4.69) is 13.5 Å². The van der Waals surface area contributed by atoms with Gasteiger partial charge in [-0.1, -0.05) is 32.3 Å². The maximum absolute atomic E-state index is 3.72. The van der Waals surface area contributed by atoms with Gasteiger partial charge in [-0.2, -0.15) is 0 Å². The van der Waals surface area contributed by atoms with Gasteiger partial charge in [0.1, 0.15) is 0 Å². The molecule has 0 saturated heterocycles. The molecular weight excluding hydrogens is 132 g/mol. The largest absolute Gasteiger partial charge is 0.103 e. The van der Waals surface area contributed by atoms with Crippen LogP contribution in [-0.4, -0.2) is 0 Å². The van der Waals surface area contributed by atoms with Crippen LogP contribution in [0.4, 0.5) is 0 Å². The van der Waals surface area contributed by atoms with Crippen molar-refractivity contribution >= 4 is 0 Å². The zero-order valence-corrected chi connectivity index (χ0v) is 7.68. The monoisotopic (exact) mass is 152 g/mol. The first-order valence-electron chi connectivity index (χ1n) is 4.99. The molecule has 0 heteroatoms. The van der Waals surface area contributed by atoms with Crippen LogP contribution in [0.1, 0.15) is 45.4 Å². The molecule has 1 saturated carbocycles. The van der Waals surface area contributed by atoms with Gasteiger partial charge in [-0.05, 0) is 31.1 Å². The molecule has 1 fully saturated rings. The lowest BCUT2D eigenvalue weighted by molar-refractivity contribution is 0.583. The van der Waals surface area contributed by atoms with E-state index in [0.29, 0.717) is 0 Å². The number of rotatable bonds is 6. The van der Waals surface area contributed by atoms with Gasteiger partial charge in [-0.3, -0.25) is 0 Å². The van der Waals surface area contributed by atoms with Gasteiger partial charge < -0.3 is 0 Å². The van der Waals surface area contributed by atoms with Gasteiger partial charge in [-0.15, -0.1) is 6.58 Å². The van der Waals surface area contributed by atoms with E-state index >= 15 is 0 Å². The standard InChI is InChI=1S/C11H20/c1-3-5-6-7-8-11-9-10(11)4-2/h3,10-11H,1,4-9H2,2H3. The molecule has 0 aromatic heterocycles. The quantitative estimate of drug-likeness (QED) is 0.401. The van der Waals surface area contributed by atoms with Crippen LogP contribution in [0.15, 0.2) is 12.7 Å². The van der Waals surface area contributed by atoms with Crippen LogP contribution in [0.2, 0.25) is 0 Å². The predicted octanol–water partition coefficient (Wildman–Crippen LogP) is 3.78. The molecule has 0 N–H and O–H groups in total. The number of hydrogen-bond donors (Lipinski definition) is 0. The number of unbranched alkanes of at least 4 members (excludes halogenated alkanes) is 2. The summed E-state index contributed by atoms with van der Waals surface area (Å²) in [7, 11) is 0. The summed E-state index contributed by atoms with van der Waals surface area (Å²) in [4.78, 5) is 0. The Morgan fingerprint density at radius 2 is 2.18 bits per heavy atom. The summed E-state index contributed by atoms with van der Waals surface area (Å²) in [6, 6.07) is 0. The highest BCUT2D eigenvalue weighted by molar-refractivity contribution is 4.84. The SMILES string of the molecule is C=CCCCCC1CC1CC. The molecule has 11 heavy (non-hydrogen) atoms. The lowest BCUT2D eigenvalue weighted by Gasteiger charge is -1.96. The fourth-order valence-electron chi connectivity index (χ4n) is 1.86. The minimum atomic E-state index is 1.10. The van der Waals surface area contributed by atoms with Crippen molar-refractivity contribution in [1.29, 1.82) is 0 Å². The predicted molar refractivity (Wildman–Crippen MR) is 50.6 cm³/mol. The normalized spacial score (nSPS) is 28.5. The summed E-state index contributed by atoms with van der Waals surface area (Å²) in [6.07, 6.45) is 10.4. The van der Waals surface area contributed by atoms with Crippen LogP contribution in [0.3, 0.4) is 0 Å². The van der Waals surface area contributed by atoms with Crippen LogP contribution in [0.25, 0.3) is 0 Å². The molecule has 0 amide bonds. The molecule has 0 aromatic rings. The Balaban J connectivity index is 1.85. The third-order valence-electron chi connectivity index (χ3n) is 2.83. The molecule has 0 heterocycles. The molecule has 1 aliphatic carbocycles. The van der Waals surface area contributed by atoms with E-state index in [0.717, 1.165) is 11.8 Å². The lowest BCUT2D eigenvalue weighted by atomic mass is 10.1. The van der Waals surface area contributed by atoms with Crippen molar-refractivity contribution in [2.75, 3.05) is 0 Å². The van der Waals surface area contributed by atoms with Crippen LogP contribution in [0.5, 0.6) is 0 Å². The third kappa shape index (κ3) is 3.09. The van der Waals surface area contributed by atoms with Gasteiger partial charge >= 0.3 is 0 Å². The Labute approximate surface area is 70.7 Å². The van der Waals surface area contributed by atoms with E-state index in [-0.39, 0.29) is 0 Å². The maximum Gasteiger partial charge on any atom is -0.0353 e. The van der Waals surface area contributed by atoms with Gasteiger partial charge in [0, 0.05) is 0 Å². The second kappa shape index (κ2) is 4.58. The second-order valence-corrected chi connectivity index (χ2v) is 3.74. The Morgan fingerprint density at radius 1 is 1.36 bits per heavy atom. The summed E-state index contributed by atoms with van der Waals surface area (Å²) < 4.78 is 0. The average Bonchev–Trinajstić information content (AvgIpc) is 2.77. The van der Waals surface area contributed by atoms with Crippen LogP contribution >= 0.6 is 0 Å². The third-order valence-corrected chi connectivity index (χ3v) is 2.83.